The molecule has 3 rings (SSSR count). The summed E-state index contributed by atoms with van der Waals surface area (Å²) < 4.78 is 5.45. The van der Waals surface area contributed by atoms with Crippen LogP contribution in [0.3, 0.4) is 0 Å². The Hall–Kier alpha value is -2.44. The molecule has 0 aliphatic rings. The molecule has 0 bridgehead atoms. The fourth-order valence-corrected chi connectivity index (χ4v) is 2.11. The average Bonchev–Trinajstić information content (AvgIpc) is 3.05. The fourth-order valence-electron chi connectivity index (χ4n) is 1.81. The van der Waals surface area contributed by atoms with E-state index in [4.69, 9.17) is 27.6 Å². The number of aromatic nitrogens is 3. The van der Waals surface area contributed by atoms with Crippen molar-refractivity contribution in [2.24, 2.45) is 0 Å². The van der Waals surface area contributed by atoms with Crippen LogP contribution < -0.4 is 5.32 Å². The van der Waals surface area contributed by atoms with Gasteiger partial charge in [0, 0.05) is 11.8 Å². The van der Waals surface area contributed by atoms with Gasteiger partial charge in [0.05, 0.1) is 16.6 Å². The molecule has 0 saturated heterocycles. The standard InChI is InChI=1S/C15H10Cl2N4O2/c16-10-5-4-9(7-11(10)17)14(22)19-8-13-20-21-15(23-13)12-3-1-2-6-18-12/h1-7H,8H2,(H,19,22). The number of amides is 1. The van der Waals surface area contributed by atoms with Crippen molar-refractivity contribution in [3.8, 4) is 11.6 Å². The van der Waals surface area contributed by atoms with Crippen molar-refractivity contribution in [2.45, 2.75) is 6.54 Å². The zero-order chi connectivity index (χ0) is 16.2. The lowest BCUT2D eigenvalue weighted by molar-refractivity contribution is 0.0947. The summed E-state index contributed by atoms with van der Waals surface area (Å²) in [6.45, 7) is 0.0961. The van der Waals surface area contributed by atoms with E-state index in [1.165, 1.54) is 6.07 Å². The summed E-state index contributed by atoms with van der Waals surface area (Å²) in [7, 11) is 0. The summed E-state index contributed by atoms with van der Waals surface area (Å²) in [5, 5.41) is 11.1. The van der Waals surface area contributed by atoms with Gasteiger partial charge in [-0.3, -0.25) is 9.78 Å². The highest BCUT2D eigenvalue weighted by molar-refractivity contribution is 6.42. The monoisotopic (exact) mass is 348 g/mol. The van der Waals surface area contributed by atoms with E-state index in [-0.39, 0.29) is 18.3 Å². The molecule has 0 unspecified atom stereocenters. The third-order valence-electron chi connectivity index (χ3n) is 2.93. The first kappa shape index (κ1) is 15.5. The number of pyridine rings is 1. The number of carbonyl (C=O) groups excluding carboxylic acids is 1. The first-order valence-corrected chi connectivity index (χ1v) is 7.36. The van der Waals surface area contributed by atoms with Gasteiger partial charge in [0.25, 0.3) is 11.8 Å². The van der Waals surface area contributed by atoms with Gasteiger partial charge in [0.1, 0.15) is 5.69 Å². The van der Waals surface area contributed by atoms with Gasteiger partial charge in [-0.15, -0.1) is 10.2 Å². The van der Waals surface area contributed by atoms with Gasteiger partial charge in [-0.25, -0.2) is 0 Å². The van der Waals surface area contributed by atoms with Gasteiger partial charge in [-0.05, 0) is 30.3 Å². The van der Waals surface area contributed by atoms with Crippen molar-refractivity contribution in [2.75, 3.05) is 0 Å². The molecule has 0 atom stereocenters. The normalized spacial score (nSPS) is 10.5. The molecule has 0 spiro atoms. The van der Waals surface area contributed by atoms with Crippen LogP contribution in [0.15, 0.2) is 47.0 Å². The summed E-state index contributed by atoms with van der Waals surface area (Å²) in [4.78, 5) is 16.2. The van der Waals surface area contributed by atoms with Crippen LogP contribution in [0.2, 0.25) is 10.0 Å². The maximum absolute atomic E-state index is 12.0. The minimum absolute atomic E-state index is 0.0961. The zero-order valence-corrected chi connectivity index (χ0v) is 13.2. The highest BCUT2D eigenvalue weighted by Gasteiger charge is 2.12. The first-order valence-electron chi connectivity index (χ1n) is 6.60. The first-order chi connectivity index (χ1) is 11.1. The van der Waals surface area contributed by atoms with E-state index in [1.54, 1.807) is 30.5 Å². The molecule has 116 valence electrons. The van der Waals surface area contributed by atoms with Crippen molar-refractivity contribution in [1.82, 2.24) is 20.5 Å². The van der Waals surface area contributed by atoms with Crippen LogP contribution in [0.1, 0.15) is 16.2 Å². The van der Waals surface area contributed by atoms with Gasteiger partial charge in [-0.2, -0.15) is 0 Å². The number of halogens is 2. The van der Waals surface area contributed by atoms with Crippen LogP contribution in [-0.4, -0.2) is 21.1 Å². The molecule has 1 N–H and O–H groups in total. The quantitative estimate of drug-likeness (QED) is 0.781. The fraction of sp³-hybridized carbons (Fsp3) is 0.0667. The second-order valence-corrected chi connectivity index (χ2v) is 5.34. The zero-order valence-electron chi connectivity index (χ0n) is 11.7. The lowest BCUT2D eigenvalue weighted by Gasteiger charge is -2.03. The van der Waals surface area contributed by atoms with Crippen LogP contribution in [0.25, 0.3) is 11.6 Å². The van der Waals surface area contributed by atoms with Gasteiger partial charge in [0.2, 0.25) is 5.89 Å². The Morgan fingerprint density at radius 1 is 1.13 bits per heavy atom. The van der Waals surface area contributed by atoms with Crippen LogP contribution in [0.5, 0.6) is 0 Å². The number of hydrogen-bond acceptors (Lipinski definition) is 5. The van der Waals surface area contributed by atoms with Crippen molar-refractivity contribution in [1.29, 1.82) is 0 Å². The summed E-state index contributed by atoms with van der Waals surface area (Å²) in [6, 6.07) is 10.00. The number of rotatable bonds is 4. The van der Waals surface area contributed by atoms with E-state index in [9.17, 15) is 4.79 Å². The smallest absolute Gasteiger partial charge is 0.266 e. The van der Waals surface area contributed by atoms with Gasteiger partial charge in [0.15, 0.2) is 0 Å². The number of nitrogens with zero attached hydrogens (tertiary/aromatic N) is 3. The molecule has 23 heavy (non-hydrogen) atoms. The van der Waals surface area contributed by atoms with Gasteiger partial charge in [-0.1, -0.05) is 29.3 Å². The van der Waals surface area contributed by atoms with E-state index in [0.717, 1.165) is 0 Å². The summed E-state index contributed by atoms with van der Waals surface area (Å²) in [5.74, 6) is 0.254. The van der Waals surface area contributed by atoms with E-state index < -0.39 is 0 Å². The van der Waals surface area contributed by atoms with E-state index >= 15 is 0 Å². The molecular weight excluding hydrogens is 339 g/mol. The number of nitrogens with one attached hydrogen (secondary N) is 1. The summed E-state index contributed by atoms with van der Waals surface area (Å²) in [5.41, 5.74) is 0.964. The van der Waals surface area contributed by atoms with Crippen molar-refractivity contribution in [3.63, 3.8) is 0 Å². The van der Waals surface area contributed by atoms with Crippen LogP contribution in [0.4, 0.5) is 0 Å². The second-order valence-electron chi connectivity index (χ2n) is 4.53. The number of hydrogen-bond donors (Lipinski definition) is 1. The van der Waals surface area contributed by atoms with Gasteiger partial charge < -0.3 is 9.73 Å². The molecule has 0 radical (unpaired) electrons. The van der Waals surface area contributed by atoms with Crippen LogP contribution in [-0.2, 0) is 6.54 Å². The summed E-state index contributed by atoms with van der Waals surface area (Å²) in [6.07, 6.45) is 1.63. The Morgan fingerprint density at radius 2 is 2.00 bits per heavy atom. The minimum atomic E-state index is -0.318. The highest BCUT2D eigenvalue weighted by Crippen LogP contribution is 2.22. The summed E-state index contributed by atoms with van der Waals surface area (Å²) >= 11 is 11.7. The molecule has 8 heteroatoms. The van der Waals surface area contributed by atoms with Crippen molar-refractivity contribution < 1.29 is 9.21 Å². The second kappa shape index (κ2) is 6.76. The predicted molar refractivity (Wildman–Crippen MR) is 85.2 cm³/mol. The Morgan fingerprint density at radius 3 is 2.74 bits per heavy atom. The lowest BCUT2D eigenvalue weighted by Crippen LogP contribution is -2.22. The molecule has 3 aromatic rings. The van der Waals surface area contributed by atoms with Crippen molar-refractivity contribution >= 4 is 29.1 Å². The largest absolute Gasteiger partial charge is 0.417 e. The predicted octanol–water partition coefficient (Wildman–Crippen LogP) is 3.37. The molecule has 2 heterocycles. The third-order valence-corrected chi connectivity index (χ3v) is 3.67. The number of benzene rings is 1. The third kappa shape index (κ3) is 3.67. The molecule has 0 aliphatic heterocycles. The Balaban J connectivity index is 1.65. The van der Waals surface area contributed by atoms with Gasteiger partial charge >= 0.3 is 0 Å². The maximum Gasteiger partial charge on any atom is 0.266 e. The Bertz CT molecular complexity index is 837. The van der Waals surface area contributed by atoms with E-state index in [1.807, 2.05) is 6.07 Å². The molecule has 1 amide bonds. The van der Waals surface area contributed by atoms with E-state index in [0.29, 0.717) is 27.2 Å². The molecule has 0 aliphatic carbocycles. The lowest BCUT2D eigenvalue weighted by atomic mass is 10.2. The number of carbonyl (C=O) groups is 1. The molecule has 6 nitrogen and oxygen atoms in total. The Kier molecular flexibility index (Phi) is 4.55. The highest BCUT2D eigenvalue weighted by atomic mass is 35.5. The topological polar surface area (TPSA) is 80.9 Å². The molecule has 0 saturated carbocycles. The molecular formula is C15H10Cl2N4O2. The Labute approximate surface area is 141 Å². The van der Waals surface area contributed by atoms with Crippen LogP contribution in [0, 0.1) is 0 Å². The average molecular weight is 349 g/mol. The van der Waals surface area contributed by atoms with E-state index in [2.05, 4.69) is 20.5 Å². The minimum Gasteiger partial charge on any atom is -0.417 e. The SMILES string of the molecule is O=C(NCc1nnc(-c2ccccn2)o1)c1ccc(Cl)c(Cl)c1. The molecule has 1 aromatic carbocycles. The maximum atomic E-state index is 12.0. The molecule has 0 fully saturated rings. The van der Waals surface area contributed by atoms with Crippen molar-refractivity contribution in [3.05, 3.63) is 64.1 Å². The molecule has 2 aromatic heterocycles. The van der Waals surface area contributed by atoms with Crippen LogP contribution >= 0.6 is 23.2 Å².